The molecular formula is C28H30N2O9S. The van der Waals surface area contributed by atoms with Crippen LogP contribution in [0.3, 0.4) is 0 Å². The van der Waals surface area contributed by atoms with Gasteiger partial charge in [0.25, 0.3) is 0 Å². The number of carboxylic acid groups (broad SMARTS) is 2. The average Bonchev–Trinajstić information content (AvgIpc) is 2.94. The van der Waals surface area contributed by atoms with Gasteiger partial charge in [-0.05, 0) is 60.4 Å². The van der Waals surface area contributed by atoms with E-state index in [4.69, 9.17) is 14.6 Å². The Morgan fingerprint density at radius 1 is 0.950 bits per heavy atom. The number of hydrogen-bond acceptors (Lipinski definition) is 7. The van der Waals surface area contributed by atoms with Crippen molar-refractivity contribution in [2.24, 2.45) is 0 Å². The van der Waals surface area contributed by atoms with Crippen LogP contribution in [0.25, 0.3) is 0 Å². The summed E-state index contributed by atoms with van der Waals surface area (Å²) in [5.74, 6) is -2.61. The van der Waals surface area contributed by atoms with Gasteiger partial charge >= 0.3 is 11.9 Å². The summed E-state index contributed by atoms with van der Waals surface area (Å²) >= 11 is 0. The number of carboxylic acids is 2. The number of methoxy groups -OCH3 is 1. The maximum atomic E-state index is 13.1. The van der Waals surface area contributed by atoms with E-state index < -0.39 is 40.5 Å². The summed E-state index contributed by atoms with van der Waals surface area (Å²) < 4.78 is 38.8. The van der Waals surface area contributed by atoms with Crippen molar-refractivity contribution in [1.29, 1.82) is 0 Å². The summed E-state index contributed by atoms with van der Waals surface area (Å²) in [7, 11) is -2.50. The van der Waals surface area contributed by atoms with Gasteiger partial charge in [-0.15, -0.1) is 0 Å². The van der Waals surface area contributed by atoms with Gasteiger partial charge in [0.15, 0.2) is 6.61 Å². The van der Waals surface area contributed by atoms with Gasteiger partial charge in [-0.1, -0.05) is 36.4 Å². The number of aromatic carboxylic acids is 1. The van der Waals surface area contributed by atoms with Crippen molar-refractivity contribution in [2.45, 2.75) is 30.2 Å². The quantitative estimate of drug-likeness (QED) is 0.201. The number of amides is 1. The maximum Gasteiger partial charge on any atom is 0.341 e. The first kappa shape index (κ1) is 30.1. The molecule has 1 amide bonds. The highest BCUT2D eigenvalue weighted by Crippen LogP contribution is 2.27. The van der Waals surface area contributed by atoms with Crippen molar-refractivity contribution in [3.05, 3.63) is 89.5 Å². The number of hydrogen-bond donors (Lipinski definition) is 4. The van der Waals surface area contributed by atoms with Crippen LogP contribution in [-0.2, 0) is 26.0 Å². The molecule has 3 aromatic carbocycles. The number of ether oxygens (including phenoxy) is 2. The molecule has 0 saturated heterocycles. The lowest BCUT2D eigenvalue weighted by Crippen LogP contribution is -2.34. The molecule has 1 atom stereocenters. The van der Waals surface area contributed by atoms with Crippen LogP contribution < -0.4 is 19.5 Å². The molecule has 0 aliphatic heterocycles. The summed E-state index contributed by atoms with van der Waals surface area (Å²) in [5.41, 5.74) is 0.880. The molecule has 0 fully saturated rings. The molecule has 40 heavy (non-hydrogen) atoms. The fourth-order valence-corrected chi connectivity index (χ4v) is 5.09. The standard InChI is InChI=1S/C28H30N2O9S/c1-38-21-12-9-19(10-13-21)6-5-15-29-26(31)17-24(30-40(36,37)22-7-3-2-4-8-22)20-11-14-25(39-18-27(32)33)23(16-20)28(34)35/h2-4,7-14,16,24,30H,5-6,15,17-18H2,1H3,(H,29,31)(H,32,33)(H,34,35). The van der Waals surface area contributed by atoms with E-state index in [1.54, 1.807) is 25.3 Å². The zero-order valence-corrected chi connectivity index (χ0v) is 22.5. The van der Waals surface area contributed by atoms with Crippen LogP contribution in [-0.4, -0.2) is 56.7 Å². The molecule has 212 valence electrons. The largest absolute Gasteiger partial charge is 0.497 e. The second-order valence-electron chi connectivity index (χ2n) is 8.74. The Balaban J connectivity index is 1.76. The minimum Gasteiger partial charge on any atom is -0.497 e. The number of carbonyl (C=O) groups is 3. The molecule has 0 heterocycles. The third kappa shape index (κ3) is 8.82. The Hall–Kier alpha value is -4.42. The lowest BCUT2D eigenvalue weighted by molar-refractivity contribution is -0.139. The van der Waals surface area contributed by atoms with Crippen molar-refractivity contribution in [3.8, 4) is 11.5 Å². The average molecular weight is 571 g/mol. The highest BCUT2D eigenvalue weighted by Gasteiger charge is 2.25. The zero-order valence-electron chi connectivity index (χ0n) is 21.7. The predicted octanol–water partition coefficient (Wildman–Crippen LogP) is 3.02. The first-order valence-electron chi connectivity index (χ1n) is 12.3. The second kappa shape index (κ2) is 14.1. The van der Waals surface area contributed by atoms with Crippen molar-refractivity contribution < 1.29 is 42.5 Å². The lowest BCUT2D eigenvalue weighted by Gasteiger charge is -2.20. The zero-order chi connectivity index (χ0) is 29.1. The van der Waals surface area contributed by atoms with Crippen LogP contribution in [0.5, 0.6) is 11.5 Å². The van der Waals surface area contributed by atoms with E-state index in [1.165, 1.54) is 24.3 Å². The Bertz CT molecular complexity index is 1430. The van der Waals surface area contributed by atoms with Crippen LogP contribution in [0.1, 0.15) is 40.4 Å². The molecule has 0 aromatic heterocycles. The molecule has 3 aromatic rings. The summed E-state index contributed by atoms with van der Waals surface area (Å²) in [5, 5.41) is 21.3. The SMILES string of the molecule is COc1ccc(CCCNC(=O)CC(NS(=O)(=O)c2ccccc2)c2ccc(OCC(=O)O)c(C(=O)O)c2)cc1. The van der Waals surface area contributed by atoms with Crippen molar-refractivity contribution in [2.75, 3.05) is 20.3 Å². The van der Waals surface area contributed by atoms with Crippen molar-refractivity contribution >= 4 is 27.9 Å². The number of aliphatic carboxylic acids is 1. The summed E-state index contributed by atoms with van der Waals surface area (Å²) in [4.78, 5) is 35.5. The molecule has 0 aliphatic rings. The van der Waals surface area contributed by atoms with Gasteiger partial charge in [0.05, 0.1) is 18.0 Å². The van der Waals surface area contributed by atoms with Crippen LogP contribution in [0.15, 0.2) is 77.7 Å². The molecule has 1 unspecified atom stereocenters. The number of aryl methyl sites for hydroxylation is 1. The van der Waals surface area contributed by atoms with Crippen LogP contribution in [0.4, 0.5) is 0 Å². The smallest absolute Gasteiger partial charge is 0.341 e. The molecule has 0 aliphatic carbocycles. The third-order valence-corrected chi connectivity index (χ3v) is 7.34. The van der Waals surface area contributed by atoms with Crippen LogP contribution in [0, 0.1) is 0 Å². The summed E-state index contributed by atoms with van der Waals surface area (Å²) in [6.07, 6.45) is 1.02. The molecule has 0 radical (unpaired) electrons. The number of carbonyl (C=O) groups excluding carboxylic acids is 1. The minimum absolute atomic E-state index is 0.0280. The van der Waals surface area contributed by atoms with Crippen molar-refractivity contribution in [1.82, 2.24) is 10.0 Å². The van der Waals surface area contributed by atoms with Gasteiger partial charge in [-0.2, -0.15) is 0 Å². The van der Waals surface area contributed by atoms with E-state index in [9.17, 15) is 27.9 Å². The monoisotopic (exact) mass is 570 g/mol. The van der Waals surface area contributed by atoms with E-state index in [0.717, 1.165) is 17.4 Å². The fourth-order valence-electron chi connectivity index (χ4n) is 3.85. The molecule has 0 bridgehead atoms. The number of sulfonamides is 1. The van der Waals surface area contributed by atoms with E-state index in [1.807, 2.05) is 24.3 Å². The third-order valence-electron chi connectivity index (χ3n) is 5.85. The van der Waals surface area contributed by atoms with Gasteiger partial charge in [0, 0.05) is 13.0 Å². The Kier molecular flexibility index (Phi) is 10.6. The molecular weight excluding hydrogens is 540 g/mol. The van der Waals surface area contributed by atoms with Crippen LogP contribution >= 0.6 is 0 Å². The van der Waals surface area contributed by atoms with E-state index >= 15 is 0 Å². The summed E-state index contributed by atoms with van der Waals surface area (Å²) in [6, 6.07) is 17.8. The second-order valence-corrected chi connectivity index (χ2v) is 10.4. The van der Waals surface area contributed by atoms with E-state index in [0.29, 0.717) is 19.4 Å². The van der Waals surface area contributed by atoms with Gasteiger partial charge < -0.3 is 25.0 Å². The Morgan fingerprint density at radius 2 is 1.65 bits per heavy atom. The molecule has 12 heteroatoms. The fraction of sp³-hybridized carbons (Fsp3) is 0.250. The molecule has 0 spiro atoms. The van der Waals surface area contributed by atoms with Gasteiger partial charge in [-0.3, -0.25) is 4.79 Å². The van der Waals surface area contributed by atoms with E-state index in [-0.39, 0.29) is 28.2 Å². The topological polar surface area (TPSA) is 168 Å². The summed E-state index contributed by atoms with van der Waals surface area (Å²) in [6.45, 7) is -0.423. The molecule has 11 nitrogen and oxygen atoms in total. The molecule has 3 rings (SSSR count). The Morgan fingerprint density at radius 3 is 2.27 bits per heavy atom. The number of rotatable bonds is 15. The first-order valence-corrected chi connectivity index (χ1v) is 13.8. The predicted molar refractivity (Wildman–Crippen MR) is 145 cm³/mol. The maximum absolute atomic E-state index is 13.1. The van der Waals surface area contributed by atoms with Gasteiger partial charge in [-0.25, -0.2) is 22.7 Å². The van der Waals surface area contributed by atoms with Gasteiger partial charge in [0.1, 0.15) is 17.1 Å². The lowest BCUT2D eigenvalue weighted by atomic mass is 10.0. The normalized spacial score (nSPS) is 11.8. The highest BCUT2D eigenvalue weighted by atomic mass is 32.2. The highest BCUT2D eigenvalue weighted by molar-refractivity contribution is 7.89. The van der Waals surface area contributed by atoms with Crippen molar-refractivity contribution in [3.63, 3.8) is 0 Å². The first-order chi connectivity index (χ1) is 19.1. The van der Waals surface area contributed by atoms with Crippen LogP contribution in [0.2, 0.25) is 0 Å². The van der Waals surface area contributed by atoms with Gasteiger partial charge in [0.2, 0.25) is 15.9 Å². The molecule has 4 N–H and O–H groups in total. The number of benzene rings is 3. The van der Waals surface area contributed by atoms with E-state index in [2.05, 4.69) is 10.0 Å². The molecule has 0 saturated carbocycles. The number of nitrogens with one attached hydrogen (secondary N) is 2. The Labute approximate surface area is 231 Å². The minimum atomic E-state index is -4.08.